The van der Waals surface area contributed by atoms with E-state index in [0.717, 1.165) is 36.5 Å². The summed E-state index contributed by atoms with van der Waals surface area (Å²) < 4.78 is 5.33. The van der Waals surface area contributed by atoms with Crippen LogP contribution in [-0.2, 0) is 6.42 Å². The van der Waals surface area contributed by atoms with Crippen LogP contribution in [0.1, 0.15) is 45.3 Å². The van der Waals surface area contributed by atoms with Crippen molar-refractivity contribution in [2.24, 2.45) is 16.8 Å². The molecule has 4 nitrogen and oxygen atoms in total. The number of nitrogens with zero attached hydrogens (tertiary/aromatic N) is 1. The van der Waals surface area contributed by atoms with Crippen LogP contribution >= 0.6 is 24.0 Å². The molecule has 1 aromatic heterocycles. The Hall–Kier alpha value is -0.720. The molecule has 0 aliphatic heterocycles. The molecule has 0 spiro atoms. The van der Waals surface area contributed by atoms with Crippen molar-refractivity contribution in [2.75, 3.05) is 13.6 Å². The van der Waals surface area contributed by atoms with Gasteiger partial charge in [0.15, 0.2) is 5.96 Å². The number of halogens is 1. The van der Waals surface area contributed by atoms with Crippen LogP contribution in [0.4, 0.5) is 0 Å². The zero-order chi connectivity index (χ0) is 15.1. The molecule has 1 aliphatic rings. The average Bonchev–Trinajstić information content (AvgIpc) is 3.00. The second-order valence-electron chi connectivity index (χ2n) is 6.33. The van der Waals surface area contributed by atoms with E-state index in [2.05, 4.69) is 29.5 Å². The molecular weight excluding hydrogens is 389 g/mol. The molecule has 5 heteroatoms. The minimum Gasteiger partial charge on any atom is -0.469 e. The second-order valence-corrected chi connectivity index (χ2v) is 6.33. The molecule has 1 saturated carbocycles. The summed E-state index contributed by atoms with van der Waals surface area (Å²) in [5.41, 5.74) is 0. The Morgan fingerprint density at radius 1 is 1.32 bits per heavy atom. The van der Waals surface area contributed by atoms with E-state index in [4.69, 9.17) is 4.42 Å². The molecule has 1 fully saturated rings. The van der Waals surface area contributed by atoms with Crippen molar-refractivity contribution in [2.45, 2.75) is 52.0 Å². The molecule has 0 unspecified atom stereocenters. The SMILES string of the molecule is CN=C(NCCc1ccco1)NC1CCC(C(C)C)CC1.I. The van der Waals surface area contributed by atoms with Gasteiger partial charge >= 0.3 is 0 Å². The molecule has 22 heavy (non-hydrogen) atoms. The van der Waals surface area contributed by atoms with Crippen molar-refractivity contribution in [3.05, 3.63) is 24.2 Å². The lowest BCUT2D eigenvalue weighted by Crippen LogP contribution is -2.45. The van der Waals surface area contributed by atoms with Gasteiger partial charge < -0.3 is 15.1 Å². The molecule has 0 bridgehead atoms. The summed E-state index contributed by atoms with van der Waals surface area (Å²) in [5.74, 6) is 3.64. The van der Waals surface area contributed by atoms with Crippen LogP contribution in [0.2, 0.25) is 0 Å². The van der Waals surface area contributed by atoms with Crippen LogP contribution in [0.15, 0.2) is 27.8 Å². The predicted octanol–water partition coefficient (Wildman–Crippen LogP) is 3.82. The molecule has 2 rings (SSSR count). The van der Waals surface area contributed by atoms with Gasteiger partial charge in [-0.1, -0.05) is 13.8 Å². The number of rotatable bonds is 5. The zero-order valence-corrected chi connectivity index (χ0v) is 16.3. The molecule has 2 N–H and O–H groups in total. The summed E-state index contributed by atoms with van der Waals surface area (Å²) >= 11 is 0. The average molecular weight is 419 g/mol. The molecule has 0 atom stereocenters. The molecule has 1 heterocycles. The maximum atomic E-state index is 5.33. The standard InChI is InChI=1S/C17H29N3O.HI/c1-13(2)14-6-8-15(9-7-14)20-17(18-3)19-11-10-16-5-4-12-21-16;/h4-5,12-15H,6-11H2,1-3H3,(H2,18,19,20);1H. The lowest BCUT2D eigenvalue weighted by atomic mass is 9.80. The third kappa shape index (κ3) is 6.18. The van der Waals surface area contributed by atoms with Gasteiger partial charge in [0, 0.05) is 26.1 Å². The number of guanidine groups is 1. The van der Waals surface area contributed by atoms with Gasteiger partial charge in [-0.25, -0.2) is 0 Å². The van der Waals surface area contributed by atoms with Crippen molar-refractivity contribution in [1.82, 2.24) is 10.6 Å². The highest BCUT2D eigenvalue weighted by Gasteiger charge is 2.23. The Morgan fingerprint density at radius 3 is 2.59 bits per heavy atom. The summed E-state index contributed by atoms with van der Waals surface area (Å²) in [5, 5.41) is 6.92. The van der Waals surface area contributed by atoms with E-state index in [1.807, 2.05) is 19.2 Å². The summed E-state index contributed by atoms with van der Waals surface area (Å²) in [6, 6.07) is 4.50. The molecule has 0 saturated heterocycles. The Kier molecular flexibility index (Phi) is 8.90. The summed E-state index contributed by atoms with van der Waals surface area (Å²) in [6.45, 7) is 5.52. The molecular formula is C17H30IN3O. The second kappa shape index (κ2) is 10.1. The first kappa shape index (κ1) is 19.3. The first-order valence-corrected chi connectivity index (χ1v) is 8.18. The first-order chi connectivity index (χ1) is 10.2. The van der Waals surface area contributed by atoms with E-state index in [1.165, 1.54) is 25.7 Å². The van der Waals surface area contributed by atoms with Gasteiger partial charge in [0.2, 0.25) is 0 Å². The fourth-order valence-electron chi connectivity index (χ4n) is 3.08. The van der Waals surface area contributed by atoms with Crippen molar-refractivity contribution >= 4 is 29.9 Å². The largest absolute Gasteiger partial charge is 0.469 e. The summed E-state index contributed by atoms with van der Waals surface area (Å²) in [4.78, 5) is 4.32. The lowest BCUT2D eigenvalue weighted by Gasteiger charge is -2.32. The maximum absolute atomic E-state index is 5.33. The number of hydrogen-bond donors (Lipinski definition) is 2. The summed E-state index contributed by atoms with van der Waals surface area (Å²) in [7, 11) is 1.84. The van der Waals surface area contributed by atoms with Crippen molar-refractivity contribution in [3.8, 4) is 0 Å². The molecule has 0 radical (unpaired) electrons. The van der Waals surface area contributed by atoms with Gasteiger partial charge in [0.1, 0.15) is 5.76 Å². The Balaban J connectivity index is 0.00000242. The van der Waals surface area contributed by atoms with Gasteiger partial charge in [-0.15, -0.1) is 24.0 Å². The quantitative estimate of drug-likeness (QED) is 0.434. The summed E-state index contributed by atoms with van der Waals surface area (Å²) in [6.07, 6.45) is 7.77. The van der Waals surface area contributed by atoms with E-state index in [9.17, 15) is 0 Å². The fourth-order valence-corrected chi connectivity index (χ4v) is 3.08. The highest BCUT2D eigenvalue weighted by Crippen LogP contribution is 2.29. The van der Waals surface area contributed by atoms with Crippen LogP contribution in [0.25, 0.3) is 0 Å². The van der Waals surface area contributed by atoms with Crippen LogP contribution < -0.4 is 10.6 Å². The monoisotopic (exact) mass is 419 g/mol. The van der Waals surface area contributed by atoms with Gasteiger partial charge in [-0.05, 0) is 49.7 Å². The molecule has 1 aliphatic carbocycles. The van der Waals surface area contributed by atoms with Crippen molar-refractivity contribution < 1.29 is 4.42 Å². The highest BCUT2D eigenvalue weighted by atomic mass is 127. The van der Waals surface area contributed by atoms with Gasteiger partial charge in [-0.3, -0.25) is 4.99 Å². The number of hydrogen-bond acceptors (Lipinski definition) is 2. The highest BCUT2D eigenvalue weighted by molar-refractivity contribution is 14.0. The number of furan rings is 1. The van der Waals surface area contributed by atoms with Gasteiger partial charge in [-0.2, -0.15) is 0 Å². The van der Waals surface area contributed by atoms with E-state index in [1.54, 1.807) is 6.26 Å². The van der Waals surface area contributed by atoms with Crippen LogP contribution in [0.3, 0.4) is 0 Å². The fraction of sp³-hybridized carbons (Fsp3) is 0.706. The number of nitrogens with one attached hydrogen (secondary N) is 2. The molecule has 0 aromatic carbocycles. The van der Waals surface area contributed by atoms with Crippen molar-refractivity contribution in [3.63, 3.8) is 0 Å². The van der Waals surface area contributed by atoms with Gasteiger partial charge in [0.25, 0.3) is 0 Å². The molecule has 0 amide bonds. The molecule has 1 aromatic rings. The molecule has 126 valence electrons. The van der Waals surface area contributed by atoms with E-state index in [-0.39, 0.29) is 24.0 Å². The van der Waals surface area contributed by atoms with Crippen LogP contribution in [0.5, 0.6) is 0 Å². The first-order valence-electron chi connectivity index (χ1n) is 8.18. The zero-order valence-electron chi connectivity index (χ0n) is 14.0. The maximum Gasteiger partial charge on any atom is 0.191 e. The van der Waals surface area contributed by atoms with Gasteiger partial charge in [0.05, 0.1) is 6.26 Å². The predicted molar refractivity (Wildman–Crippen MR) is 103 cm³/mol. The Labute approximate surface area is 151 Å². The lowest BCUT2D eigenvalue weighted by molar-refractivity contribution is 0.250. The van der Waals surface area contributed by atoms with Crippen LogP contribution in [0, 0.1) is 11.8 Å². The van der Waals surface area contributed by atoms with Crippen LogP contribution in [-0.4, -0.2) is 25.6 Å². The number of aliphatic imine (C=N–C) groups is 1. The Bertz CT molecular complexity index is 423. The third-order valence-electron chi connectivity index (χ3n) is 4.52. The van der Waals surface area contributed by atoms with Crippen molar-refractivity contribution in [1.29, 1.82) is 0 Å². The third-order valence-corrected chi connectivity index (χ3v) is 4.52. The van der Waals surface area contributed by atoms with E-state index in [0.29, 0.717) is 6.04 Å². The van der Waals surface area contributed by atoms with E-state index < -0.39 is 0 Å². The Morgan fingerprint density at radius 2 is 2.05 bits per heavy atom. The van der Waals surface area contributed by atoms with E-state index >= 15 is 0 Å². The smallest absolute Gasteiger partial charge is 0.191 e. The minimum atomic E-state index is 0. The topological polar surface area (TPSA) is 49.6 Å². The normalized spacial score (nSPS) is 22.3. The minimum absolute atomic E-state index is 0.